The summed E-state index contributed by atoms with van der Waals surface area (Å²) in [5, 5.41) is 0. The van der Waals surface area contributed by atoms with Gasteiger partial charge in [-0.1, -0.05) is 18.2 Å². The molecule has 0 N–H and O–H groups in total. The molecule has 2 aromatic rings. The van der Waals surface area contributed by atoms with Gasteiger partial charge in [-0.3, -0.25) is 9.10 Å². The molecule has 144 valence electrons. The average molecular weight is 388 g/mol. The zero-order valence-electron chi connectivity index (χ0n) is 15.8. The molecule has 3 rings (SSSR count). The van der Waals surface area contributed by atoms with Crippen molar-refractivity contribution in [1.29, 1.82) is 0 Å². The number of ether oxygens (including phenoxy) is 1. The highest BCUT2D eigenvalue weighted by Gasteiger charge is 2.28. The minimum absolute atomic E-state index is 0.0265. The van der Waals surface area contributed by atoms with Crippen LogP contribution >= 0.6 is 0 Å². The van der Waals surface area contributed by atoms with Gasteiger partial charge in [0.2, 0.25) is 15.9 Å². The zero-order chi connectivity index (χ0) is 19.6. The Morgan fingerprint density at radius 1 is 1.15 bits per heavy atom. The fourth-order valence-electron chi connectivity index (χ4n) is 3.17. The van der Waals surface area contributed by atoms with Crippen molar-refractivity contribution >= 4 is 27.3 Å². The fourth-order valence-corrected chi connectivity index (χ4v) is 4.02. The third-order valence-electron chi connectivity index (χ3n) is 4.36. The smallest absolute Gasteiger partial charge is 0.247 e. The summed E-state index contributed by atoms with van der Waals surface area (Å²) in [6.07, 6.45) is 1.91. The van der Waals surface area contributed by atoms with E-state index >= 15 is 0 Å². The molecule has 7 heteroatoms. The first-order valence-corrected chi connectivity index (χ1v) is 10.7. The Hall–Kier alpha value is -2.54. The van der Waals surface area contributed by atoms with Gasteiger partial charge >= 0.3 is 0 Å². The van der Waals surface area contributed by atoms with Gasteiger partial charge in [-0.05, 0) is 56.2 Å². The van der Waals surface area contributed by atoms with Crippen LogP contribution in [0.4, 0.5) is 11.4 Å². The molecule has 1 aliphatic heterocycles. The van der Waals surface area contributed by atoms with Crippen LogP contribution < -0.4 is 13.9 Å². The van der Waals surface area contributed by atoms with Crippen molar-refractivity contribution in [2.75, 3.05) is 28.6 Å². The first kappa shape index (κ1) is 19.2. The first-order valence-electron chi connectivity index (χ1n) is 8.88. The fraction of sp³-hybridized carbons (Fsp3) is 0.350. The lowest BCUT2D eigenvalue weighted by Crippen LogP contribution is -2.42. The third kappa shape index (κ3) is 4.42. The zero-order valence-corrected chi connectivity index (χ0v) is 16.6. The van der Waals surface area contributed by atoms with Gasteiger partial charge in [-0.25, -0.2) is 8.42 Å². The summed E-state index contributed by atoms with van der Waals surface area (Å²) >= 11 is 0. The lowest BCUT2D eigenvalue weighted by molar-refractivity contribution is -0.117. The van der Waals surface area contributed by atoms with E-state index in [4.69, 9.17) is 4.74 Å². The van der Waals surface area contributed by atoms with E-state index in [0.29, 0.717) is 18.0 Å². The first-order chi connectivity index (χ1) is 12.8. The van der Waals surface area contributed by atoms with E-state index in [-0.39, 0.29) is 18.6 Å². The Kier molecular flexibility index (Phi) is 5.41. The highest BCUT2D eigenvalue weighted by atomic mass is 32.2. The lowest BCUT2D eigenvalue weighted by atomic mass is 10.2. The largest absolute Gasteiger partial charge is 0.491 e. The van der Waals surface area contributed by atoms with Crippen molar-refractivity contribution in [2.45, 2.75) is 26.4 Å². The monoisotopic (exact) mass is 388 g/mol. The number of benzene rings is 2. The van der Waals surface area contributed by atoms with Crippen molar-refractivity contribution in [3.63, 3.8) is 0 Å². The second-order valence-corrected chi connectivity index (χ2v) is 8.76. The highest BCUT2D eigenvalue weighted by molar-refractivity contribution is 7.92. The number of rotatable bonds is 6. The van der Waals surface area contributed by atoms with Gasteiger partial charge in [0.1, 0.15) is 12.3 Å². The number of sulfonamides is 1. The lowest BCUT2D eigenvalue weighted by Gasteiger charge is -2.25. The van der Waals surface area contributed by atoms with E-state index in [9.17, 15) is 13.2 Å². The molecule has 1 aliphatic rings. The molecule has 0 unspecified atom stereocenters. The van der Waals surface area contributed by atoms with Crippen LogP contribution in [0.3, 0.4) is 0 Å². The molecule has 0 spiro atoms. The molecule has 0 bridgehead atoms. The van der Waals surface area contributed by atoms with Crippen LogP contribution in [0.2, 0.25) is 0 Å². The second-order valence-electron chi connectivity index (χ2n) is 6.85. The Morgan fingerprint density at radius 2 is 1.81 bits per heavy atom. The number of para-hydroxylation sites is 1. The predicted molar refractivity (Wildman–Crippen MR) is 107 cm³/mol. The number of amides is 1. The molecule has 0 saturated heterocycles. The molecule has 0 saturated carbocycles. The number of hydrogen-bond acceptors (Lipinski definition) is 4. The van der Waals surface area contributed by atoms with Crippen LogP contribution in [0.1, 0.15) is 19.4 Å². The number of carbonyl (C=O) groups is 1. The molecular weight excluding hydrogens is 364 g/mol. The number of nitrogens with zero attached hydrogens (tertiary/aromatic N) is 2. The van der Waals surface area contributed by atoms with Crippen LogP contribution in [0.15, 0.2) is 48.5 Å². The maximum absolute atomic E-state index is 12.8. The number of hydrogen-bond donors (Lipinski definition) is 0. The SMILES string of the molecule is CC(C)Oc1ccc(N(CC(=O)N2CCc3ccccc32)S(C)(=O)=O)cc1. The maximum atomic E-state index is 12.8. The maximum Gasteiger partial charge on any atom is 0.247 e. The van der Waals surface area contributed by atoms with E-state index in [1.807, 2.05) is 38.1 Å². The van der Waals surface area contributed by atoms with Gasteiger partial charge in [0.25, 0.3) is 0 Å². The summed E-state index contributed by atoms with van der Waals surface area (Å²) in [6, 6.07) is 14.4. The van der Waals surface area contributed by atoms with E-state index in [1.54, 1.807) is 29.2 Å². The molecule has 1 heterocycles. The van der Waals surface area contributed by atoms with Gasteiger partial charge in [0.15, 0.2) is 0 Å². The summed E-state index contributed by atoms with van der Waals surface area (Å²) < 4.78 is 31.4. The van der Waals surface area contributed by atoms with Crippen LogP contribution in [0.5, 0.6) is 5.75 Å². The minimum Gasteiger partial charge on any atom is -0.491 e. The topological polar surface area (TPSA) is 66.9 Å². The highest BCUT2D eigenvalue weighted by Crippen LogP contribution is 2.28. The molecule has 2 aromatic carbocycles. The van der Waals surface area contributed by atoms with Crippen molar-refractivity contribution < 1.29 is 17.9 Å². The normalized spacial score (nSPS) is 13.6. The predicted octanol–water partition coefficient (Wildman–Crippen LogP) is 2.83. The van der Waals surface area contributed by atoms with Crippen LogP contribution in [-0.4, -0.2) is 39.8 Å². The molecule has 1 amide bonds. The van der Waals surface area contributed by atoms with Gasteiger partial charge in [0, 0.05) is 12.2 Å². The molecular formula is C20H24N2O4S. The molecule has 0 atom stereocenters. The summed E-state index contributed by atoms with van der Waals surface area (Å²) in [5.74, 6) is 0.412. The summed E-state index contributed by atoms with van der Waals surface area (Å²) in [5.41, 5.74) is 2.40. The van der Waals surface area contributed by atoms with Crippen molar-refractivity contribution in [1.82, 2.24) is 0 Å². The van der Waals surface area contributed by atoms with E-state index < -0.39 is 10.0 Å². The Bertz CT molecular complexity index is 923. The summed E-state index contributed by atoms with van der Waals surface area (Å²) in [6.45, 7) is 4.17. The van der Waals surface area contributed by atoms with E-state index in [2.05, 4.69) is 0 Å². The van der Waals surface area contributed by atoms with Crippen LogP contribution in [0, 0.1) is 0 Å². The molecule has 0 aliphatic carbocycles. The van der Waals surface area contributed by atoms with Gasteiger partial charge in [0.05, 0.1) is 18.0 Å². The number of anilines is 2. The quantitative estimate of drug-likeness (QED) is 0.763. The van der Waals surface area contributed by atoms with E-state index in [0.717, 1.165) is 28.2 Å². The summed E-state index contributed by atoms with van der Waals surface area (Å²) in [4.78, 5) is 14.5. The Labute approximate surface area is 160 Å². The van der Waals surface area contributed by atoms with Gasteiger partial charge in [-0.2, -0.15) is 0 Å². The van der Waals surface area contributed by atoms with Crippen molar-refractivity contribution in [2.24, 2.45) is 0 Å². The molecule has 27 heavy (non-hydrogen) atoms. The average Bonchev–Trinajstić information content (AvgIpc) is 3.03. The molecule has 0 radical (unpaired) electrons. The van der Waals surface area contributed by atoms with Crippen molar-refractivity contribution in [3.05, 3.63) is 54.1 Å². The number of fused-ring (bicyclic) bond motifs is 1. The third-order valence-corrected chi connectivity index (χ3v) is 5.50. The number of carbonyl (C=O) groups excluding carboxylic acids is 1. The van der Waals surface area contributed by atoms with E-state index in [1.165, 1.54) is 0 Å². The molecule has 6 nitrogen and oxygen atoms in total. The van der Waals surface area contributed by atoms with Crippen molar-refractivity contribution in [3.8, 4) is 5.75 Å². The van der Waals surface area contributed by atoms with Crippen LogP contribution in [0.25, 0.3) is 0 Å². The Balaban J connectivity index is 1.81. The second kappa shape index (κ2) is 7.60. The Morgan fingerprint density at radius 3 is 2.44 bits per heavy atom. The minimum atomic E-state index is -3.61. The van der Waals surface area contributed by atoms with Crippen LogP contribution in [-0.2, 0) is 21.2 Å². The standard InChI is InChI=1S/C20H24N2O4S/c1-15(2)26-18-10-8-17(9-11-18)22(27(3,24)25)14-20(23)21-13-12-16-6-4-5-7-19(16)21/h4-11,15H,12-14H2,1-3H3. The van der Waals surface area contributed by atoms with Gasteiger partial charge in [-0.15, -0.1) is 0 Å². The summed E-state index contributed by atoms with van der Waals surface area (Å²) in [7, 11) is -3.61. The van der Waals surface area contributed by atoms with Gasteiger partial charge < -0.3 is 9.64 Å². The molecule has 0 aromatic heterocycles. The molecule has 0 fully saturated rings.